The van der Waals surface area contributed by atoms with Crippen molar-refractivity contribution in [2.75, 3.05) is 7.11 Å². The highest BCUT2D eigenvalue weighted by Gasteiger charge is 2.19. The molecule has 0 fully saturated rings. The average Bonchev–Trinajstić information content (AvgIpc) is 2.90. The van der Waals surface area contributed by atoms with E-state index >= 15 is 0 Å². The molecule has 6 nitrogen and oxygen atoms in total. The molecule has 3 rings (SSSR count). The van der Waals surface area contributed by atoms with Gasteiger partial charge in [0.05, 0.1) is 17.6 Å². The Morgan fingerprint density at radius 2 is 2.15 bits per heavy atom. The molecule has 7 heteroatoms. The summed E-state index contributed by atoms with van der Waals surface area (Å²) in [6, 6.07) is 8.67. The van der Waals surface area contributed by atoms with Crippen molar-refractivity contribution >= 4 is 28.5 Å². The van der Waals surface area contributed by atoms with Crippen LogP contribution in [0.2, 0.25) is 5.02 Å². The molecule has 1 aromatic carbocycles. The number of ether oxygens (including phenoxy) is 1. The Kier molecular flexibility index (Phi) is 3.08. The topological polar surface area (TPSA) is 69.9 Å². The number of pyridine rings is 1. The number of rotatable bonds is 2. The van der Waals surface area contributed by atoms with Crippen LogP contribution in [-0.2, 0) is 0 Å². The van der Waals surface area contributed by atoms with Crippen molar-refractivity contribution in [3.05, 3.63) is 47.1 Å². The van der Waals surface area contributed by atoms with E-state index in [1.165, 1.54) is 24.1 Å². The quantitative estimate of drug-likeness (QED) is 0.723. The SMILES string of the molecule is COc1ncc(Cl)cc1C(=O)n1nnc2ccccc21. The van der Waals surface area contributed by atoms with Gasteiger partial charge in [-0.2, -0.15) is 4.68 Å². The average molecular weight is 289 g/mol. The summed E-state index contributed by atoms with van der Waals surface area (Å²) in [7, 11) is 1.44. The summed E-state index contributed by atoms with van der Waals surface area (Å²) < 4.78 is 6.28. The van der Waals surface area contributed by atoms with Crippen molar-refractivity contribution in [3.63, 3.8) is 0 Å². The summed E-state index contributed by atoms with van der Waals surface area (Å²) in [4.78, 5) is 16.5. The lowest BCUT2D eigenvalue weighted by Crippen LogP contribution is -2.15. The number of methoxy groups -OCH3 is 1. The van der Waals surface area contributed by atoms with Crippen LogP contribution in [0.25, 0.3) is 11.0 Å². The number of carbonyl (C=O) groups is 1. The Hall–Kier alpha value is -2.47. The molecule has 3 aromatic rings. The smallest absolute Gasteiger partial charge is 0.285 e. The van der Waals surface area contributed by atoms with Gasteiger partial charge in [0.25, 0.3) is 5.91 Å². The molecule has 100 valence electrons. The molecule has 2 aromatic heterocycles. The monoisotopic (exact) mass is 288 g/mol. The molecule has 0 saturated carbocycles. The summed E-state index contributed by atoms with van der Waals surface area (Å²) in [6.45, 7) is 0. The molecule has 0 N–H and O–H groups in total. The predicted molar refractivity (Wildman–Crippen MR) is 73.1 cm³/mol. The molecule has 0 amide bonds. The van der Waals surface area contributed by atoms with E-state index in [0.717, 1.165) is 0 Å². The fourth-order valence-corrected chi connectivity index (χ4v) is 2.03. The highest BCUT2D eigenvalue weighted by atomic mass is 35.5. The van der Waals surface area contributed by atoms with Gasteiger partial charge in [0, 0.05) is 6.20 Å². The van der Waals surface area contributed by atoms with Crippen molar-refractivity contribution in [3.8, 4) is 5.88 Å². The van der Waals surface area contributed by atoms with Crippen molar-refractivity contribution in [1.29, 1.82) is 0 Å². The minimum Gasteiger partial charge on any atom is -0.480 e. The van der Waals surface area contributed by atoms with Gasteiger partial charge >= 0.3 is 0 Å². The zero-order valence-electron chi connectivity index (χ0n) is 10.4. The number of para-hydroxylation sites is 1. The van der Waals surface area contributed by atoms with Gasteiger partial charge in [0.1, 0.15) is 11.1 Å². The number of aromatic nitrogens is 4. The van der Waals surface area contributed by atoms with Crippen LogP contribution in [0.3, 0.4) is 0 Å². The molecule has 20 heavy (non-hydrogen) atoms. The molecule has 0 aliphatic rings. The van der Waals surface area contributed by atoms with Crippen LogP contribution >= 0.6 is 11.6 Å². The molecule has 0 spiro atoms. The van der Waals surface area contributed by atoms with Crippen molar-refractivity contribution in [1.82, 2.24) is 20.0 Å². The van der Waals surface area contributed by atoms with Gasteiger partial charge in [-0.25, -0.2) is 4.98 Å². The van der Waals surface area contributed by atoms with Gasteiger partial charge in [0.2, 0.25) is 5.88 Å². The van der Waals surface area contributed by atoms with Crippen molar-refractivity contribution in [2.24, 2.45) is 0 Å². The lowest BCUT2D eigenvalue weighted by Gasteiger charge is -2.06. The summed E-state index contributed by atoms with van der Waals surface area (Å²) in [6.07, 6.45) is 1.41. The lowest BCUT2D eigenvalue weighted by molar-refractivity contribution is 0.0944. The van der Waals surface area contributed by atoms with Crippen LogP contribution in [0.1, 0.15) is 10.4 Å². The van der Waals surface area contributed by atoms with Gasteiger partial charge in [-0.05, 0) is 18.2 Å². The summed E-state index contributed by atoms with van der Waals surface area (Å²) in [5, 5.41) is 8.15. The first-order valence-electron chi connectivity index (χ1n) is 5.75. The first-order valence-corrected chi connectivity index (χ1v) is 6.13. The second kappa shape index (κ2) is 4.90. The van der Waals surface area contributed by atoms with E-state index in [1.807, 2.05) is 12.1 Å². The van der Waals surface area contributed by atoms with Gasteiger partial charge < -0.3 is 4.74 Å². The van der Waals surface area contributed by atoms with E-state index in [-0.39, 0.29) is 11.4 Å². The Morgan fingerprint density at radius 3 is 2.95 bits per heavy atom. The number of carbonyl (C=O) groups excluding carboxylic acids is 1. The van der Waals surface area contributed by atoms with Crippen LogP contribution in [0.15, 0.2) is 36.5 Å². The van der Waals surface area contributed by atoms with E-state index in [1.54, 1.807) is 12.1 Å². The number of hydrogen-bond acceptors (Lipinski definition) is 5. The Morgan fingerprint density at radius 1 is 1.35 bits per heavy atom. The number of halogens is 1. The maximum atomic E-state index is 12.5. The molecule has 0 atom stereocenters. The number of hydrogen-bond donors (Lipinski definition) is 0. The zero-order chi connectivity index (χ0) is 14.1. The molecular formula is C13H9ClN4O2. The van der Waals surface area contributed by atoms with Gasteiger partial charge in [-0.15, -0.1) is 5.10 Å². The van der Waals surface area contributed by atoms with Gasteiger partial charge in [0.15, 0.2) is 0 Å². The molecule has 0 saturated heterocycles. The van der Waals surface area contributed by atoms with Gasteiger partial charge in [-0.1, -0.05) is 28.9 Å². The molecule has 0 unspecified atom stereocenters. The maximum Gasteiger partial charge on any atom is 0.285 e. The minimum absolute atomic E-state index is 0.194. The van der Waals surface area contributed by atoms with E-state index in [9.17, 15) is 4.79 Å². The van der Waals surface area contributed by atoms with Crippen LogP contribution in [0.5, 0.6) is 5.88 Å². The Bertz CT molecular complexity index is 800. The summed E-state index contributed by atoms with van der Waals surface area (Å²) in [5.74, 6) is -0.204. The third kappa shape index (κ3) is 2.00. The number of fused-ring (bicyclic) bond motifs is 1. The van der Waals surface area contributed by atoms with E-state index in [4.69, 9.17) is 16.3 Å². The molecule has 0 aliphatic heterocycles. The lowest BCUT2D eigenvalue weighted by atomic mass is 10.2. The molecule has 2 heterocycles. The third-order valence-electron chi connectivity index (χ3n) is 2.79. The van der Waals surface area contributed by atoms with E-state index in [2.05, 4.69) is 15.3 Å². The first-order chi connectivity index (χ1) is 9.70. The van der Waals surface area contributed by atoms with Crippen LogP contribution in [0, 0.1) is 0 Å². The predicted octanol–water partition coefficient (Wildman–Crippen LogP) is 2.18. The highest BCUT2D eigenvalue weighted by molar-refractivity contribution is 6.30. The highest BCUT2D eigenvalue weighted by Crippen LogP contribution is 2.21. The fraction of sp³-hybridized carbons (Fsp3) is 0.0769. The van der Waals surface area contributed by atoms with E-state index < -0.39 is 5.91 Å². The van der Waals surface area contributed by atoms with E-state index in [0.29, 0.717) is 16.1 Å². The minimum atomic E-state index is -0.398. The Balaban J connectivity index is 2.15. The fourth-order valence-electron chi connectivity index (χ4n) is 1.88. The number of nitrogens with zero attached hydrogens (tertiary/aromatic N) is 4. The third-order valence-corrected chi connectivity index (χ3v) is 2.99. The van der Waals surface area contributed by atoms with Crippen LogP contribution in [0.4, 0.5) is 0 Å². The van der Waals surface area contributed by atoms with Crippen molar-refractivity contribution < 1.29 is 9.53 Å². The number of benzene rings is 1. The normalized spacial score (nSPS) is 10.7. The maximum absolute atomic E-state index is 12.5. The molecular weight excluding hydrogens is 280 g/mol. The van der Waals surface area contributed by atoms with Crippen LogP contribution < -0.4 is 4.74 Å². The van der Waals surface area contributed by atoms with Gasteiger partial charge in [-0.3, -0.25) is 4.79 Å². The first kappa shape index (κ1) is 12.6. The molecule has 0 aliphatic carbocycles. The molecule has 0 bridgehead atoms. The van der Waals surface area contributed by atoms with Crippen molar-refractivity contribution in [2.45, 2.75) is 0 Å². The second-order valence-electron chi connectivity index (χ2n) is 4.01. The Labute approximate surface area is 118 Å². The standard InChI is InChI=1S/C13H9ClN4O2/c1-20-12-9(6-8(14)7-15-12)13(19)18-11-5-3-2-4-10(11)16-17-18/h2-7H,1H3. The van der Waals surface area contributed by atoms with Crippen LogP contribution in [-0.4, -0.2) is 33.0 Å². The summed E-state index contributed by atoms with van der Waals surface area (Å²) >= 11 is 5.88. The zero-order valence-corrected chi connectivity index (χ0v) is 11.2. The second-order valence-corrected chi connectivity index (χ2v) is 4.44. The molecule has 0 radical (unpaired) electrons. The largest absolute Gasteiger partial charge is 0.480 e. The summed E-state index contributed by atoms with van der Waals surface area (Å²) in [5.41, 5.74) is 1.48.